The van der Waals surface area contributed by atoms with E-state index >= 15 is 0 Å². The highest BCUT2D eigenvalue weighted by atomic mass is 19.1. The molecule has 3 unspecified atom stereocenters. The first kappa shape index (κ1) is 16.4. The number of nitrogens with one attached hydrogen (secondary N) is 2. The number of fused-ring (bicyclic) bond motifs is 3. The molecule has 1 aromatic rings. The maximum atomic E-state index is 14.3. The van der Waals surface area contributed by atoms with Gasteiger partial charge in [0.15, 0.2) is 0 Å². The van der Waals surface area contributed by atoms with Crippen molar-refractivity contribution in [3.8, 4) is 0 Å². The normalized spacial score (nSPS) is 29.6. The van der Waals surface area contributed by atoms with Crippen molar-refractivity contribution < 1.29 is 23.6 Å². The summed E-state index contributed by atoms with van der Waals surface area (Å²) in [6.07, 6.45) is 1.08. The van der Waals surface area contributed by atoms with Crippen LogP contribution in [0.4, 0.5) is 10.1 Å². The SMILES string of the molecule is O=C1CCC(N2C(=O)c3cc(F)cc(N4C5CNCC4C5)c3C2=O)C(=O)N1. The van der Waals surface area contributed by atoms with Crippen LogP contribution in [0.2, 0.25) is 0 Å². The first-order valence-electron chi connectivity index (χ1n) is 9.00. The van der Waals surface area contributed by atoms with Gasteiger partial charge in [-0.05, 0) is 25.0 Å². The Hall–Kier alpha value is -2.81. The fourth-order valence-corrected chi connectivity index (χ4v) is 4.62. The van der Waals surface area contributed by atoms with Gasteiger partial charge in [0.2, 0.25) is 11.8 Å². The van der Waals surface area contributed by atoms with Crippen LogP contribution < -0.4 is 15.5 Å². The number of anilines is 1. The summed E-state index contributed by atoms with van der Waals surface area (Å²) in [4.78, 5) is 52.4. The van der Waals surface area contributed by atoms with Gasteiger partial charge in [-0.25, -0.2) is 4.39 Å². The first-order chi connectivity index (χ1) is 13.0. The molecule has 9 heteroatoms. The summed E-state index contributed by atoms with van der Waals surface area (Å²) >= 11 is 0. The Labute approximate surface area is 153 Å². The second-order valence-electron chi connectivity index (χ2n) is 7.40. The molecule has 0 radical (unpaired) electrons. The van der Waals surface area contributed by atoms with E-state index in [0.29, 0.717) is 5.69 Å². The van der Waals surface area contributed by atoms with Crippen LogP contribution in [0.3, 0.4) is 0 Å². The molecule has 8 nitrogen and oxygen atoms in total. The Balaban J connectivity index is 1.56. The van der Waals surface area contributed by atoms with E-state index in [1.807, 2.05) is 4.90 Å². The molecule has 4 amide bonds. The zero-order valence-corrected chi connectivity index (χ0v) is 14.3. The first-order valence-corrected chi connectivity index (χ1v) is 9.00. The van der Waals surface area contributed by atoms with Crippen LogP contribution in [0, 0.1) is 5.82 Å². The molecule has 4 aliphatic heterocycles. The zero-order valence-electron chi connectivity index (χ0n) is 14.3. The highest BCUT2D eigenvalue weighted by Crippen LogP contribution is 2.41. The Kier molecular flexibility index (Phi) is 3.39. The van der Waals surface area contributed by atoms with Crippen molar-refractivity contribution in [3.05, 3.63) is 29.1 Å². The minimum absolute atomic E-state index is 0.0161. The summed E-state index contributed by atoms with van der Waals surface area (Å²) in [7, 11) is 0. The van der Waals surface area contributed by atoms with E-state index < -0.39 is 35.5 Å². The molecule has 27 heavy (non-hydrogen) atoms. The number of hydrogen-bond acceptors (Lipinski definition) is 6. The minimum Gasteiger partial charge on any atom is -0.362 e. The molecule has 1 aromatic carbocycles. The number of benzene rings is 1. The van der Waals surface area contributed by atoms with Crippen LogP contribution in [-0.2, 0) is 9.59 Å². The Morgan fingerprint density at radius 2 is 1.78 bits per heavy atom. The number of halogens is 1. The van der Waals surface area contributed by atoms with Gasteiger partial charge < -0.3 is 10.2 Å². The Morgan fingerprint density at radius 3 is 2.44 bits per heavy atom. The number of hydrogen-bond donors (Lipinski definition) is 2. The molecular formula is C18H17FN4O4. The van der Waals surface area contributed by atoms with Crippen molar-refractivity contribution in [1.29, 1.82) is 0 Å². The van der Waals surface area contributed by atoms with Crippen LogP contribution in [0.15, 0.2) is 12.1 Å². The molecule has 0 spiro atoms. The van der Waals surface area contributed by atoms with Crippen molar-refractivity contribution in [1.82, 2.24) is 15.5 Å². The fraction of sp³-hybridized carbons (Fsp3) is 0.444. The molecule has 2 N–H and O–H groups in total. The van der Waals surface area contributed by atoms with Gasteiger partial charge in [0.05, 0.1) is 16.8 Å². The molecule has 4 aliphatic rings. The Bertz CT molecular complexity index is 903. The average Bonchev–Trinajstić information content (AvgIpc) is 2.87. The number of amides is 4. The summed E-state index contributed by atoms with van der Waals surface area (Å²) in [5.41, 5.74) is 0.557. The van der Waals surface area contributed by atoms with E-state index in [1.165, 1.54) is 6.07 Å². The highest BCUT2D eigenvalue weighted by Gasteiger charge is 2.49. The number of carbonyl (C=O) groups excluding carboxylic acids is 4. The lowest BCUT2D eigenvalue weighted by atomic mass is 9.86. The third-order valence-electron chi connectivity index (χ3n) is 5.85. The maximum Gasteiger partial charge on any atom is 0.264 e. The molecule has 4 heterocycles. The van der Waals surface area contributed by atoms with Crippen molar-refractivity contribution in [2.45, 2.75) is 37.4 Å². The monoisotopic (exact) mass is 372 g/mol. The van der Waals surface area contributed by atoms with Crippen molar-refractivity contribution in [3.63, 3.8) is 0 Å². The van der Waals surface area contributed by atoms with Gasteiger partial charge in [-0.15, -0.1) is 0 Å². The average molecular weight is 372 g/mol. The predicted molar refractivity (Wildman–Crippen MR) is 90.6 cm³/mol. The summed E-state index contributed by atoms with van der Waals surface area (Å²) < 4.78 is 14.3. The molecule has 0 saturated carbocycles. The molecule has 0 aliphatic carbocycles. The number of piperazine rings is 1. The summed E-state index contributed by atoms with van der Waals surface area (Å²) in [6.45, 7) is 1.47. The zero-order chi connectivity index (χ0) is 18.9. The van der Waals surface area contributed by atoms with E-state index in [-0.39, 0.29) is 36.1 Å². The predicted octanol–water partition coefficient (Wildman–Crippen LogP) is -0.223. The van der Waals surface area contributed by atoms with Gasteiger partial charge in [0.1, 0.15) is 11.9 Å². The Morgan fingerprint density at radius 1 is 1.04 bits per heavy atom. The summed E-state index contributed by atoms with van der Waals surface area (Å²) in [5, 5.41) is 5.44. The minimum atomic E-state index is -1.05. The second kappa shape index (κ2) is 5.59. The topological polar surface area (TPSA) is 98.8 Å². The molecule has 3 atom stereocenters. The van der Waals surface area contributed by atoms with Crippen LogP contribution in [0.1, 0.15) is 40.0 Å². The van der Waals surface area contributed by atoms with Gasteiger partial charge in [0.25, 0.3) is 11.8 Å². The van der Waals surface area contributed by atoms with E-state index in [9.17, 15) is 23.6 Å². The second-order valence-corrected chi connectivity index (χ2v) is 7.40. The molecular weight excluding hydrogens is 355 g/mol. The smallest absolute Gasteiger partial charge is 0.264 e. The summed E-state index contributed by atoms with van der Waals surface area (Å²) in [5.74, 6) is -2.98. The van der Waals surface area contributed by atoms with E-state index in [2.05, 4.69) is 10.6 Å². The third-order valence-corrected chi connectivity index (χ3v) is 5.85. The van der Waals surface area contributed by atoms with E-state index in [0.717, 1.165) is 30.5 Å². The maximum absolute atomic E-state index is 14.3. The van der Waals surface area contributed by atoms with Gasteiger partial charge >= 0.3 is 0 Å². The number of carbonyl (C=O) groups is 4. The standard InChI is InChI=1S/C18H17FN4O4/c19-8-3-11-15(13(4-8)22-9-5-10(22)7-20-6-9)18(27)23(17(11)26)12-1-2-14(24)21-16(12)25/h3-4,9-10,12,20H,1-2,5-7H2,(H,21,24,25). The van der Waals surface area contributed by atoms with Gasteiger partial charge in [0, 0.05) is 31.6 Å². The molecule has 2 bridgehead atoms. The lowest BCUT2D eigenvalue weighted by molar-refractivity contribution is -0.136. The van der Waals surface area contributed by atoms with Crippen molar-refractivity contribution in [2.24, 2.45) is 0 Å². The van der Waals surface area contributed by atoms with Gasteiger partial charge in [-0.3, -0.25) is 29.4 Å². The number of imide groups is 2. The van der Waals surface area contributed by atoms with Crippen LogP contribution in [0.5, 0.6) is 0 Å². The van der Waals surface area contributed by atoms with Crippen molar-refractivity contribution >= 4 is 29.3 Å². The number of rotatable bonds is 2. The molecule has 140 valence electrons. The van der Waals surface area contributed by atoms with E-state index in [4.69, 9.17) is 0 Å². The third kappa shape index (κ3) is 2.24. The largest absolute Gasteiger partial charge is 0.362 e. The van der Waals surface area contributed by atoms with Crippen LogP contribution in [0.25, 0.3) is 0 Å². The fourth-order valence-electron chi connectivity index (χ4n) is 4.62. The van der Waals surface area contributed by atoms with Crippen LogP contribution >= 0.6 is 0 Å². The molecule has 3 fully saturated rings. The quantitative estimate of drug-likeness (QED) is 0.697. The van der Waals surface area contributed by atoms with Crippen molar-refractivity contribution in [2.75, 3.05) is 18.0 Å². The van der Waals surface area contributed by atoms with Crippen LogP contribution in [-0.4, -0.2) is 59.7 Å². The van der Waals surface area contributed by atoms with Gasteiger partial charge in [-0.1, -0.05) is 0 Å². The number of nitrogens with zero attached hydrogens (tertiary/aromatic N) is 2. The molecule has 0 aromatic heterocycles. The number of piperidine rings is 2. The summed E-state index contributed by atoms with van der Waals surface area (Å²) in [6, 6.07) is 1.61. The lowest BCUT2D eigenvalue weighted by Crippen LogP contribution is -2.68. The lowest BCUT2D eigenvalue weighted by Gasteiger charge is -2.55. The van der Waals surface area contributed by atoms with E-state index in [1.54, 1.807) is 0 Å². The highest BCUT2D eigenvalue weighted by molar-refractivity contribution is 6.25. The molecule has 5 rings (SSSR count). The molecule has 3 saturated heterocycles. The van der Waals surface area contributed by atoms with Gasteiger partial charge in [-0.2, -0.15) is 0 Å².